The molecule has 0 fully saturated rings. The van der Waals surface area contributed by atoms with Crippen LogP contribution in [0.5, 0.6) is 5.75 Å². The first-order valence-electron chi connectivity index (χ1n) is 9.30. The second kappa shape index (κ2) is 9.56. The number of carbonyl (C=O) groups is 2. The van der Waals surface area contributed by atoms with Crippen molar-refractivity contribution in [1.82, 2.24) is 0 Å². The summed E-state index contributed by atoms with van der Waals surface area (Å²) >= 11 is 0. The van der Waals surface area contributed by atoms with Gasteiger partial charge in [-0.3, -0.25) is 9.59 Å². The SMILES string of the molecule is COc1ccccc1NC(=O)c1ccc(NC(=O)CNc2ccc(F)cc2C)cc1. The molecule has 3 N–H and O–H groups in total. The number of amides is 2. The molecule has 0 aliphatic heterocycles. The average molecular weight is 407 g/mol. The van der Waals surface area contributed by atoms with E-state index in [2.05, 4.69) is 16.0 Å². The van der Waals surface area contributed by atoms with Gasteiger partial charge in [0.25, 0.3) is 5.91 Å². The molecular weight excluding hydrogens is 385 g/mol. The van der Waals surface area contributed by atoms with Crippen molar-refractivity contribution in [3.8, 4) is 5.75 Å². The highest BCUT2D eigenvalue weighted by Gasteiger charge is 2.10. The number of benzene rings is 3. The molecule has 0 saturated heterocycles. The van der Waals surface area contributed by atoms with E-state index in [1.807, 2.05) is 6.07 Å². The summed E-state index contributed by atoms with van der Waals surface area (Å²) in [6.45, 7) is 1.79. The van der Waals surface area contributed by atoms with Crippen molar-refractivity contribution < 1.29 is 18.7 Å². The van der Waals surface area contributed by atoms with Crippen molar-refractivity contribution in [2.75, 3.05) is 29.6 Å². The fraction of sp³-hybridized carbons (Fsp3) is 0.130. The molecule has 2 amide bonds. The maximum atomic E-state index is 13.1. The first kappa shape index (κ1) is 20.9. The van der Waals surface area contributed by atoms with E-state index in [0.717, 1.165) is 0 Å². The lowest BCUT2D eigenvalue weighted by molar-refractivity contribution is -0.114. The summed E-state index contributed by atoms with van der Waals surface area (Å²) in [5, 5.41) is 8.52. The number of hydrogen-bond donors (Lipinski definition) is 3. The van der Waals surface area contributed by atoms with Gasteiger partial charge in [-0.25, -0.2) is 4.39 Å². The summed E-state index contributed by atoms with van der Waals surface area (Å²) in [6, 6.07) is 18.0. The van der Waals surface area contributed by atoms with E-state index in [4.69, 9.17) is 4.74 Å². The number of para-hydroxylation sites is 2. The van der Waals surface area contributed by atoms with Gasteiger partial charge in [-0.15, -0.1) is 0 Å². The van der Waals surface area contributed by atoms with Gasteiger partial charge in [0.1, 0.15) is 11.6 Å². The molecule has 30 heavy (non-hydrogen) atoms. The van der Waals surface area contributed by atoms with E-state index in [1.54, 1.807) is 55.5 Å². The maximum absolute atomic E-state index is 13.1. The Morgan fingerprint density at radius 3 is 2.37 bits per heavy atom. The number of hydrogen-bond acceptors (Lipinski definition) is 4. The number of halogens is 1. The minimum Gasteiger partial charge on any atom is -0.495 e. The second-order valence-corrected chi connectivity index (χ2v) is 6.59. The van der Waals surface area contributed by atoms with Gasteiger partial charge in [0, 0.05) is 16.9 Å². The largest absolute Gasteiger partial charge is 0.495 e. The van der Waals surface area contributed by atoms with Crippen LogP contribution in [-0.2, 0) is 4.79 Å². The molecule has 7 heteroatoms. The predicted octanol–water partition coefficient (Wildman–Crippen LogP) is 4.45. The zero-order chi connectivity index (χ0) is 21.5. The highest BCUT2D eigenvalue weighted by molar-refractivity contribution is 6.05. The quantitative estimate of drug-likeness (QED) is 0.541. The van der Waals surface area contributed by atoms with Gasteiger partial charge in [-0.05, 0) is 67.1 Å². The standard InChI is InChI=1S/C23H22FN3O3/c1-15-13-17(24)9-12-19(15)25-14-22(28)26-18-10-7-16(8-11-18)23(29)27-20-5-3-4-6-21(20)30-2/h3-13,25H,14H2,1-2H3,(H,26,28)(H,27,29). The highest BCUT2D eigenvalue weighted by Crippen LogP contribution is 2.24. The van der Waals surface area contributed by atoms with E-state index in [0.29, 0.717) is 33.9 Å². The summed E-state index contributed by atoms with van der Waals surface area (Å²) in [7, 11) is 1.54. The predicted molar refractivity (Wildman–Crippen MR) is 116 cm³/mol. The molecule has 154 valence electrons. The highest BCUT2D eigenvalue weighted by atomic mass is 19.1. The Labute approximate surface area is 174 Å². The number of carbonyl (C=O) groups excluding carboxylic acids is 2. The Morgan fingerprint density at radius 2 is 1.67 bits per heavy atom. The van der Waals surface area contributed by atoms with E-state index in [-0.39, 0.29) is 24.2 Å². The van der Waals surface area contributed by atoms with Crippen molar-refractivity contribution in [2.45, 2.75) is 6.92 Å². The first-order valence-corrected chi connectivity index (χ1v) is 9.30. The number of methoxy groups -OCH3 is 1. The lowest BCUT2D eigenvalue weighted by Gasteiger charge is -2.11. The van der Waals surface area contributed by atoms with E-state index >= 15 is 0 Å². The Balaban J connectivity index is 1.56. The monoisotopic (exact) mass is 407 g/mol. The van der Waals surface area contributed by atoms with Gasteiger partial charge in [0.15, 0.2) is 0 Å². The molecule has 3 rings (SSSR count). The summed E-state index contributed by atoms with van der Waals surface area (Å²) in [4.78, 5) is 24.6. The minimum absolute atomic E-state index is 0.0303. The molecule has 0 saturated carbocycles. The molecule has 0 spiro atoms. The van der Waals surface area contributed by atoms with Crippen molar-refractivity contribution in [3.05, 3.63) is 83.7 Å². The van der Waals surface area contributed by atoms with Crippen LogP contribution in [0.1, 0.15) is 15.9 Å². The zero-order valence-electron chi connectivity index (χ0n) is 16.7. The number of nitrogens with one attached hydrogen (secondary N) is 3. The van der Waals surface area contributed by atoms with E-state index < -0.39 is 0 Å². The summed E-state index contributed by atoms with van der Waals surface area (Å²) < 4.78 is 18.4. The second-order valence-electron chi connectivity index (χ2n) is 6.59. The topological polar surface area (TPSA) is 79.5 Å². The van der Waals surface area contributed by atoms with Gasteiger partial charge in [-0.1, -0.05) is 12.1 Å². The van der Waals surface area contributed by atoms with Gasteiger partial charge in [-0.2, -0.15) is 0 Å². The smallest absolute Gasteiger partial charge is 0.255 e. The molecule has 0 heterocycles. The normalized spacial score (nSPS) is 10.2. The maximum Gasteiger partial charge on any atom is 0.255 e. The minimum atomic E-state index is -0.322. The van der Waals surface area contributed by atoms with Gasteiger partial charge in [0.2, 0.25) is 5.91 Å². The van der Waals surface area contributed by atoms with E-state index in [1.165, 1.54) is 19.2 Å². The first-order chi connectivity index (χ1) is 14.5. The number of aryl methyl sites for hydroxylation is 1. The third-order valence-electron chi connectivity index (χ3n) is 4.41. The van der Waals surface area contributed by atoms with Crippen LogP contribution in [0.4, 0.5) is 21.5 Å². The lowest BCUT2D eigenvalue weighted by atomic mass is 10.2. The summed E-state index contributed by atoms with van der Waals surface area (Å²) in [5.41, 5.74) is 2.98. The Hall–Kier alpha value is -3.87. The molecule has 0 radical (unpaired) electrons. The van der Waals surface area contributed by atoms with Gasteiger partial charge in [0.05, 0.1) is 19.3 Å². The molecule has 0 unspecified atom stereocenters. The summed E-state index contributed by atoms with van der Waals surface area (Å²) in [5.74, 6) is -0.299. The summed E-state index contributed by atoms with van der Waals surface area (Å²) in [6.07, 6.45) is 0. The molecule has 0 aromatic heterocycles. The lowest BCUT2D eigenvalue weighted by Crippen LogP contribution is -2.22. The van der Waals surface area contributed by atoms with Crippen LogP contribution in [0.3, 0.4) is 0 Å². The molecule has 0 atom stereocenters. The van der Waals surface area contributed by atoms with Gasteiger partial charge < -0.3 is 20.7 Å². The van der Waals surface area contributed by atoms with Crippen LogP contribution in [0.15, 0.2) is 66.7 Å². The molecule has 6 nitrogen and oxygen atoms in total. The van der Waals surface area contributed by atoms with Crippen molar-refractivity contribution in [1.29, 1.82) is 0 Å². The zero-order valence-corrected chi connectivity index (χ0v) is 16.7. The molecular formula is C23H22FN3O3. The van der Waals surface area contributed by atoms with Crippen LogP contribution in [0.2, 0.25) is 0 Å². The van der Waals surface area contributed by atoms with Crippen LogP contribution < -0.4 is 20.7 Å². The molecule has 3 aromatic carbocycles. The molecule has 0 bridgehead atoms. The van der Waals surface area contributed by atoms with E-state index in [9.17, 15) is 14.0 Å². The van der Waals surface area contributed by atoms with Crippen LogP contribution in [-0.4, -0.2) is 25.5 Å². The Kier molecular flexibility index (Phi) is 6.64. The third kappa shape index (κ3) is 5.35. The third-order valence-corrected chi connectivity index (χ3v) is 4.41. The Morgan fingerprint density at radius 1 is 0.933 bits per heavy atom. The van der Waals surface area contributed by atoms with Crippen LogP contribution >= 0.6 is 0 Å². The van der Waals surface area contributed by atoms with Crippen molar-refractivity contribution >= 4 is 28.9 Å². The number of rotatable bonds is 7. The molecule has 0 aliphatic rings. The van der Waals surface area contributed by atoms with Crippen molar-refractivity contribution in [3.63, 3.8) is 0 Å². The van der Waals surface area contributed by atoms with Crippen LogP contribution in [0.25, 0.3) is 0 Å². The van der Waals surface area contributed by atoms with Crippen molar-refractivity contribution in [2.24, 2.45) is 0 Å². The Bertz CT molecular complexity index is 1050. The fourth-order valence-electron chi connectivity index (χ4n) is 2.85. The molecule has 3 aromatic rings. The average Bonchev–Trinajstić information content (AvgIpc) is 2.74. The van der Waals surface area contributed by atoms with Gasteiger partial charge >= 0.3 is 0 Å². The number of anilines is 3. The fourth-order valence-corrected chi connectivity index (χ4v) is 2.85. The molecule has 0 aliphatic carbocycles. The van der Waals surface area contributed by atoms with Crippen LogP contribution in [0, 0.1) is 12.7 Å². The number of ether oxygens (including phenoxy) is 1.